The minimum Gasteiger partial charge on any atom is -0.485 e. The van der Waals surface area contributed by atoms with Crippen molar-refractivity contribution < 1.29 is 18.5 Å². The van der Waals surface area contributed by atoms with Crippen LogP contribution in [-0.4, -0.2) is 11.1 Å². The second kappa shape index (κ2) is 7.32. The van der Waals surface area contributed by atoms with Gasteiger partial charge in [0, 0.05) is 6.07 Å². The van der Waals surface area contributed by atoms with E-state index in [1.54, 1.807) is 18.2 Å². The number of allylic oxidation sites excluding steroid dienone is 1. The first-order valence-electron chi connectivity index (χ1n) is 7.38. The van der Waals surface area contributed by atoms with Crippen molar-refractivity contribution >= 4 is 11.7 Å². The summed E-state index contributed by atoms with van der Waals surface area (Å²) in [5, 5.41) is 6.17. The van der Waals surface area contributed by atoms with Crippen LogP contribution in [0.1, 0.15) is 21.9 Å². The summed E-state index contributed by atoms with van der Waals surface area (Å²) in [6.45, 7) is 3.97. The molecule has 0 atom stereocenters. The number of rotatable bonds is 7. The quantitative estimate of drug-likeness (QED) is 0.668. The second-order valence-corrected chi connectivity index (χ2v) is 4.99. The van der Waals surface area contributed by atoms with E-state index in [4.69, 9.17) is 9.15 Å². The molecule has 1 amide bonds. The number of aromatic nitrogens is 1. The normalized spacial score (nSPS) is 10.3. The van der Waals surface area contributed by atoms with Gasteiger partial charge in [-0.05, 0) is 30.2 Å². The van der Waals surface area contributed by atoms with Crippen LogP contribution in [0.2, 0.25) is 0 Å². The number of ether oxygens (including phenoxy) is 1. The van der Waals surface area contributed by atoms with Gasteiger partial charge in [-0.15, -0.1) is 6.58 Å². The van der Waals surface area contributed by atoms with Gasteiger partial charge in [0.1, 0.15) is 24.4 Å². The zero-order chi connectivity index (χ0) is 16.8. The number of carbonyl (C=O) groups is 1. The van der Waals surface area contributed by atoms with E-state index in [2.05, 4.69) is 21.6 Å². The lowest BCUT2D eigenvalue weighted by atomic mass is 10.1. The van der Waals surface area contributed by atoms with Gasteiger partial charge in [-0.25, -0.2) is 0 Å². The number of furan rings is 1. The van der Waals surface area contributed by atoms with Crippen LogP contribution in [-0.2, 0) is 13.0 Å². The highest BCUT2D eigenvalue weighted by atomic mass is 16.5. The molecule has 3 aromatic rings. The van der Waals surface area contributed by atoms with E-state index in [9.17, 15) is 4.79 Å². The Kier molecular flexibility index (Phi) is 4.76. The molecular weight excluding hydrogens is 308 g/mol. The van der Waals surface area contributed by atoms with Crippen molar-refractivity contribution in [2.45, 2.75) is 13.0 Å². The number of anilines is 1. The molecule has 2 aromatic heterocycles. The number of hydrogen-bond donors (Lipinski definition) is 1. The van der Waals surface area contributed by atoms with E-state index in [0.717, 1.165) is 17.7 Å². The van der Waals surface area contributed by atoms with Crippen LogP contribution in [0, 0.1) is 0 Å². The Labute approximate surface area is 138 Å². The molecule has 6 heteroatoms. The lowest BCUT2D eigenvalue weighted by Gasteiger charge is -2.08. The van der Waals surface area contributed by atoms with Crippen molar-refractivity contribution in [3.8, 4) is 5.75 Å². The Morgan fingerprint density at radius 1 is 1.25 bits per heavy atom. The SMILES string of the molecule is C=CCc1ccccc1OCc1ccc(C(=O)Nc2ccon2)o1. The number of nitrogens with zero attached hydrogens (tertiary/aromatic N) is 1. The van der Waals surface area contributed by atoms with Gasteiger partial charge in [-0.2, -0.15) is 0 Å². The molecule has 0 saturated heterocycles. The molecule has 2 heterocycles. The molecule has 0 bridgehead atoms. The first-order chi connectivity index (χ1) is 11.8. The van der Waals surface area contributed by atoms with Gasteiger partial charge in [0.15, 0.2) is 11.6 Å². The molecule has 0 aliphatic rings. The monoisotopic (exact) mass is 324 g/mol. The van der Waals surface area contributed by atoms with Crippen molar-refractivity contribution in [2.24, 2.45) is 0 Å². The molecule has 0 saturated carbocycles. The average molecular weight is 324 g/mol. The Bertz CT molecular complexity index is 821. The van der Waals surface area contributed by atoms with Gasteiger partial charge in [0.05, 0.1) is 0 Å². The summed E-state index contributed by atoms with van der Waals surface area (Å²) < 4.78 is 15.9. The van der Waals surface area contributed by atoms with E-state index in [1.165, 1.54) is 6.26 Å². The molecule has 24 heavy (non-hydrogen) atoms. The highest BCUT2D eigenvalue weighted by molar-refractivity contribution is 6.01. The summed E-state index contributed by atoms with van der Waals surface area (Å²) in [5.74, 6) is 1.42. The summed E-state index contributed by atoms with van der Waals surface area (Å²) in [6.07, 6.45) is 3.92. The van der Waals surface area contributed by atoms with E-state index >= 15 is 0 Å². The Morgan fingerprint density at radius 3 is 2.92 bits per heavy atom. The largest absolute Gasteiger partial charge is 0.485 e. The lowest BCUT2D eigenvalue weighted by Crippen LogP contribution is -2.11. The molecule has 3 rings (SSSR count). The maximum Gasteiger partial charge on any atom is 0.292 e. The second-order valence-electron chi connectivity index (χ2n) is 4.99. The maximum absolute atomic E-state index is 12.0. The van der Waals surface area contributed by atoms with Crippen molar-refractivity contribution in [2.75, 3.05) is 5.32 Å². The fraction of sp³-hybridized carbons (Fsp3) is 0.111. The first kappa shape index (κ1) is 15.6. The number of hydrogen-bond acceptors (Lipinski definition) is 5. The Morgan fingerprint density at radius 2 is 2.12 bits per heavy atom. The first-order valence-corrected chi connectivity index (χ1v) is 7.38. The van der Waals surface area contributed by atoms with Crippen molar-refractivity contribution in [3.05, 3.63) is 78.5 Å². The summed E-state index contributed by atoms with van der Waals surface area (Å²) >= 11 is 0. The molecule has 0 spiro atoms. The molecule has 0 radical (unpaired) electrons. The molecule has 0 fully saturated rings. The molecule has 1 aromatic carbocycles. The van der Waals surface area contributed by atoms with Crippen LogP contribution in [0.15, 0.2) is 70.3 Å². The molecule has 6 nitrogen and oxygen atoms in total. The van der Waals surface area contributed by atoms with Crippen LogP contribution in [0.4, 0.5) is 5.82 Å². The van der Waals surface area contributed by atoms with E-state index in [1.807, 2.05) is 30.3 Å². The van der Waals surface area contributed by atoms with Crippen molar-refractivity contribution in [1.29, 1.82) is 0 Å². The minimum atomic E-state index is -0.401. The average Bonchev–Trinajstić information content (AvgIpc) is 3.26. The van der Waals surface area contributed by atoms with Crippen LogP contribution in [0.3, 0.4) is 0 Å². The number of carbonyl (C=O) groups excluding carboxylic acids is 1. The third-order valence-corrected chi connectivity index (χ3v) is 3.27. The lowest BCUT2D eigenvalue weighted by molar-refractivity contribution is 0.0991. The predicted octanol–water partition coefficient (Wildman–Crippen LogP) is 3.83. The molecule has 0 aliphatic carbocycles. The maximum atomic E-state index is 12.0. The van der Waals surface area contributed by atoms with Crippen LogP contribution in [0.25, 0.3) is 0 Å². The Balaban J connectivity index is 1.62. The summed E-state index contributed by atoms with van der Waals surface area (Å²) in [4.78, 5) is 12.0. The topological polar surface area (TPSA) is 77.5 Å². The van der Waals surface area contributed by atoms with Gasteiger partial charge in [-0.3, -0.25) is 4.79 Å². The zero-order valence-corrected chi connectivity index (χ0v) is 12.9. The molecule has 0 unspecified atom stereocenters. The van der Waals surface area contributed by atoms with Gasteiger partial charge in [0.2, 0.25) is 0 Å². The molecular formula is C18H16N2O4. The third-order valence-electron chi connectivity index (χ3n) is 3.27. The smallest absolute Gasteiger partial charge is 0.292 e. The zero-order valence-electron chi connectivity index (χ0n) is 12.9. The van der Waals surface area contributed by atoms with Crippen LogP contribution in [0.5, 0.6) is 5.75 Å². The Hall–Kier alpha value is -3.28. The summed E-state index contributed by atoms with van der Waals surface area (Å²) in [5.41, 5.74) is 1.04. The van der Waals surface area contributed by atoms with Gasteiger partial charge >= 0.3 is 0 Å². The van der Waals surface area contributed by atoms with Gasteiger partial charge in [-0.1, -0.05) is 29.4 Å². The third kappa shape index (κ3) is 3.73. The van der Waals surface area contributed by atoms with E-state index < -0.39 is 5.91 Å². The highest BCUT2D eigenvalue weighted by Gasteiger charge is 2.13. The highest BCUT2D eigenvalue weighted by Crippen LogP contribution is 2.21. The number of amides is 1. The van der Waals surface area contributed by atoms with E-state index in [-0.39, 0.29) is 12.4 Å². The fourth-order valence-corrected chi connectivity index (χ4v) is 2.15. The summed E-state index contributed by atoms with van der Waals surface area (Å²) in [7, 11) is 0. The summed E-state index contributed by atoms with van der Waals surface area (Å²) in [6, 6.07) is 12.6. The standard InChI is InChI=1S/C18H16N2O4/c1-2-5-13-6-3-4-7-15(13)22-12-14-8-9-16(24-14)18(21)19-17-10-11-23-20-17/h2-4,6-11H,1,5,12H2,(H,19,20,21). The fourth-order valence-electron chi connectivity index (χ4n) is 2.15. The molecule has 0 aliphatic heterocycles. The number of para-hydroxylation sites is 1. The van der Waals surface area contributed by atoms with Crippen LogP contribution < -0.4 is 10.1 Å². The van der Waals surface area contributed by atoms with Crippen LogP contribution >= 0.6 is 0 Å². The number of benzene rings is 1. The number of nitrogens with one attached hydrogen (secondary N) is 1. The van der Waals surface area contributed by atoms with Gasteiger partial charge < -0.3 is 19.0 Å². The van der Waals surface area contributed by atoms with E-state index in [0.29, 0.717) is 11.6 Å². The van der Waals surface area contributed by atoms with Crippen molar-refractivity contribution in [1.82, 2.24) is 5.16 Å². The van der Waals surface area contributed by atoms with Crippen molar-refractivity contribution in [3.63, 3.8) is 0 Å². The predicted molar refractivity (Wildman–Crippen MR) is 87.8 cm³/mol. The van der Waals surface area contributed by atoms with Gasteiger partial charge in [0.25, 0.3) is 5.91 Å². The molecule has 122 valence electrons. The molecule has 1 N–H and O–H groups in total. The minimum absolute atomic E-state index is 0.177.